The van der Waals surface area contributed by atoms with Crippen LogP contribution in [0.4, 0.5) is 5.69 Å². The van der Waals surface area contributed by atoms with Crippen LogP contribution in [0.3, 0.4) is 0 Å². The molecule has 3 N–H and O–H groups in total. The third-order valence-corrected chi connectivity index (χ3v) is 5.64. The van der Waals surface area contributed by atoms with Crippen LogP contribution >= 0.6 is 0 Å². The second-order valence-electron chi connectivity index (χ2n) is 5.90. The molecule has 1 fully saturated rings. The summed E-state index contributed by atoms with van der Waals surface area (Å²) >= 11 is 0. The SMILES string of the molecule is CC1CCCCC1(CN)Nc1ccccc1S(C)(=O)=O. The van der Waals surface area contributed by atoms with E-state index in [4.69, 9.17) is 5.73 Å². The molecular weight excluding hydrogens is 272 g/mol. The first-order chi connectivity index (χ1) is 9.39. The Labute approximate surface area is 121 Å². The van der Waals surface area contributed by atoms with Crippen molar-refractivity contribution in [1.82, 2.24) is 0 Å². The van der Waals surface area contributed by atoms with E-state index in [1.165, 1.54) is 12.7 Å². The smallest absolute Gasteiger partial charge is 0.177 e. The van der Waals surface area contributed by atoms with Crippen molar-refractivity contribution in [2.45, 2.75) is 43.0 Å². The van der Waals surface area contributed by atoms with Gasteiger partial charge in [-0.05, 0) is 30.9 Å². The maximum Gasteiger partial charge on any atom is 0.177 e. The van der Waals surface area contributed by atoms with Crippen molar-refractivity contribution in [3.63, 3.8) is 0 Å². The monoisotopic (exact) mass is 296 g/mol. The molecule has 1 saturated carbocycles. The molecule has 1 aliphatic carbocycles. The van der Waals surface area contributed by atoms with Gasteiger partial charge in [-0.3, -0.25) is 0 Å². The number of nitrogens with one attached hydrogen (secondary N) is 1. The molecule has 112 valence electrons. The lowest BCUT2D eigenvalue weighted by atomic mass is 9.73. The van der Waals surface area contributed by atoms with Crippen LogP contribution in [0.1, 0.15) is 32.6 Å². The molecule has 0 aromatic heterocycles. The summed E-state index contributed by atoms with van der Waals surface area (Å²) in [7, 11) is -3.24. The lowest BCUT2D eigenvalue weighted by molar-refractivity contribution is 0.235. The number of sulfone groups is 1. The summed E-state index contributed by atoms with van der Waals surface area (Å²) in [6.45, 7) is 2.72. The molecule has 2 unspecified atom stereocenters. The topological polar surface area (TPSA) is 72.2 Å². The van der Waals surface area contributed by atoms with E-state index in [1.807, 2.05) is 12.1 Å². The molecule has 4 nitrogen and oxygen atoms in total. The van der Waals surface area contributed by atoms with Gasteiger partial charge in [0.2, 0.25) is 0 Å². The second kappa shape index (κ2) is 5.74. The van der Waals surface area contributed by atoms with Crippen LogP contribution < -0.4 is 11.1 Å². The van der Waals surface area contributed by atoms with Crippen molar-refractivity contribution in [2.75, 3.05) is 18.1 Å². The van der Waals surface area contributed by atoms with E-state index in [-0.39, 0.29) is 5.54 Å². The third-order valence-electron chi connectivity index (χ3n) is 4.49. The van der Waals surface area contributed by atoms with Gasteiger partial charge in [-0.1, -0.05) is 31.9 Å². The van der Waals surface area contributed by atoms with Crippen LogP contribution in [0.25, 0.3) is 0 Å². The molecule has 0 aliphatic heterocycles. The van der Waals surface area contributed by atoms with Crippen LogP contribution in [-0.4, -0.2) is 26.8 Å². The predicted octanol–water partition coefficient (Wildman–Crippen LogP) is 2.41. The molecule has 0 saturated heterocycles. The van der Waals surface area contributed by atoms with Crippen molar-refractivity contribution in [2.24, 2.45) is 11.7 Å². The minimum Gasteiger partial charge on any atom is -0.377 e. The van der Waals surface area contributed by atoms with E-state index < -0.39 is 9.84 Å². The summed E-state index contributed by atoms with van der Waals surface area (Å²) in [5.74, 6) is 0.439. The number of nitrogens with two attached hydrogens (primary N) is 1. The fraction of sp³-hybridized carbons (Fsp3) is 0.600. The summed E-state index contributed by atoms with van der Waals surface area (Å²) in [6, 6.07) is 7.08. The van der Waals surface area contributed by atoms with Gasteiger partial charge in [-0.25, -0.2) is 8.42 Å². The zero-order chi connectivity index (χ0) is 14.8. The molecule has 2 atom stereocenters. The first-order valence-corrected chi connectivity index (χ1v) is 9.05. The van der Waals surface area contributed by atoms with Gasteiger partial charge in [0.05, 0.1) is 16.1 Å². The Morgan fingerprint density at radius 3 is 2.65 bits per heavy atom. The van der Waals surface area contributed by atoms with Crippen molar-refractivity contribution in [1.29, 1.82) is 0 Å². The van der Waals surface area contributed by atoms with Gasteiger partial charge in [0.1, 0.15) is 0 Å². The Kier molecular flexibility index (Phi) is 4.39. The molecule has 1 aromatic carbocycles. The quantitative estimate of drug-likeness (QED) is 0.895. The number of benzene rings is 1. The van der Waals surface area contributed by atoms with Gasteiger partial charge in [-0.15, -0.1) is 0 Å². The van der Waals surface area contributed by atoms with Crippen molar-refractivity contribution < 1.29 is 8.42 Å². The molecule has 1 aliphatic rings. The van der Waals surface area contributed by atoms with E-state index in [9.17, 15) is 8.42 Å². The fourth-order valence-electron chi connectivity index (χ4n) is 3.12. The van der Waals surface area contributed by atoms with E-state index in [2.05, 4.69) is 12.2 Å². The summed E-state index contributed by atoms with van der Waals surface area (Å²) in [6.07, 6.45) is 5.72. The highest BCUT2D eigenvalue weighted by Crippen LogP contribution is 2.37. The minimum atomic E-state index is -3.24. The Morgan fingerprint density at radius 1 is 1.35 bits per heavy atom. The molecule has 2 rings (SSSR count). The highest BCUT2D eigenvalue weighted by molar-refractivity contribution is 7.90. The first-order valence-electron chi connectivity index (χ1n) is 7.16. The molecule has 0 bridgehead atoms. The maximum absolute atomic E-state index is 11.9. The van der Waals surface area contributed by atoms with Crippen molar-refractivity contribution >= 4 is 15.5 Å². The van der Waals surface area contributed by atoms with Crippen LogP contribution in [0.15, 0.2) is 29.2 Å². The standard InChI is InChI=1S/C15H24N2O2S/c1-12-7-5-6-10-15(12,11-16)17-13-8-3-4-9-14(13)20(2,18)19/h3-4,8-9,12,17H,5-7,10-11,16H2,1-2H3. The highest BCUT2D eigenvalue weighted by Gasteiger charge is 2.37. The first kappa shape index (κ1) is 15.3. The average molecular weight is 296 g/mol. The highest BCUT2D eigenvalue weighted by atomic mass is 32.2. The van der Waals surface area contributed by atoms with Crippen molar-refractivity contribution in [3.05, 3.63) is 24.3 Å². The van der Waals surface area contributed by atoms with Gasteiger partial charge >= 0.3 is 0 Å². The van der Waals surface area contributed by atoms with Gasteiger partial charge in [0, 0.05) is 12.8 Å². The lowest BCUT2D eigenvalue weighted by Gasteiger charge is -2.43. The largest absolute Gasteiger partial charge is 0.377 e. The fourth-order valence-corrected chi connectivity index (χ4v) is 3.96. The summed E-state index contributed by atoms with van der Waals surface area (Å²) < 4.78 is 23.8. The molecular formula is C15H24N2O2S. The predicted molar refractivity (Wildman–Crippen MR) is 82.6 cm³/mol. The van der Waals surface area contributed by atoms with Crippen LogP contribution in [-0.2, 0) is 9.84 Å². The molecule has 5 heteroatoms. The van der Waals surface area contributed by atoms with E-state index >= 15 is 0 Å². The summed E-state index contributed by atoms with van der Waals surface area (Å²) in [5.41, 5.74) is 6.50. The van der Waals surface area contributed by atoms with Crippen LogP contribution in [0.2, 0.25) is 0 Å². The normalized spacial score (nSPS) is 27.2. The van der Waals surface area contributed by atoms with Crippen LogP contribution in [0, 0.1) is 5.92 Å². The third kappa shape index (κ3) is 2.99. The van der Waals surface area contributed by atoms with Gasteiger partial charge in [0.15, 0.2) is 9.84 Å². The van der Waals surface area contributed by atoms with Gasteiger partial charge in [-0.2, -0.15) is 0 Å². The van der Waals surface area contributed by atoms with Gasteiger partial charge in [0.25, 0.3) is 0 Å². The average Bonchev–Trinajstić information content (AvgIpc) is 2.41. The van der Waals surface area contributed by atoms with E-state index in [0.29, 0.717) is 23.0 Å². The van der Waals surface area contributed by atoms with E-state index in [0.717, 1.165) is 19.3 Å². The number of para-hydroxylation sites is 1. The molecule has 20 heavy (non-hydrogen) atoms. The zero-order valence-corrected chi connectivity index (χ0v) is 13.0. The maximum atomic E-state index is 11.9. The minimum absolute atomic E-state index is 0.195. The van der Waals surface area contributed by atoms with E-state index in [1.54, 1.807) is 12.1 Å². The summed E-state index contributed by atoms with van der Waals surface area (Å²) in [5, 5.41) is 3.46. The number of hydrogen-bond donors (Lipinski definition) is 2. The molecule has 0 amide bonds. The number of rotatable bonds is 4. The second-order valence-corrected chi connectivity index (χ2v) is 7.88. The van der Waals surface area contributed by atoms with Crippen molar-refractivity contribution in [3.8, 4) is 0 Å². The Balaban J connectivity index is 2.38. The number of hydrogen-bond acceptors (Lipinski definition) is 4. The molecule has 0 spiro atoms. The van der Waals surface area contributed by atoms with Crippen LogP contribution in [0.5, 0.6) is 0 Å². The molecule has 1 aromatic rings. The lowest BCUT2D eigenvalue weighted by Crippen LogP contribution is -2.52. The Bertz CT molecular complexity index is 571. The molecule has 0 heterocycles. The van der Waals surface area contributed by atoms with Gasteiger partial charge < -0.3 is 11.1 Å². The Morgan fingerprint density at radius 2 is 2.05 bits per heavy atom. The zero-order valence-electron chi connectivity index (χ0n) is 12.2. The Hall–Kier alpha value is -1.07. The molecule has 0 radical (unpaired) electrons. The summed E-state index contributed by atoms with van der Waals surface area (Å²) in [4.78, 5) is 0.352. The number of anilines is 1.